The number of hydrogen-bond donors (Lipinski definition) is 2. The number of β-amino-alcohol motifs (C(OH)–C–C–N with tert-alkyl or cyclic N) is 1. The Kier molecular flexibility index (Phi) is 4.55. The molecular formula is C15H20ClNO3. The van der Waals surface area contributed by atoms with Crippen LogP contribution in [-0.4, -0.2) is 40.4 Å². The molecule has 1 aliphatic rings. The molecule has 1 fully saturated rings. The molecule has 2 rings (SSSR count). The highest BCUT2D eigenvalue weighted by Gasteiger charge is 2.39. The lowest BCUT2D eigenvalue weighted by atomic mass is 9.73. The maximum Gasteiger partial charge on any atom is 0.407 e. The zero-order valence-corrected chi connectivity index (χ0v) is 12.4. The fourth-order valence-corrected chi connectivity index (χ4v) is 3.13. The number of halogens is 1. The van der Waals surface area contributed by atoms with Crippen LogP contribution in [0, 0.1) is 11.8 Å². The van der Waals surface area contributed by atoms with Crippen LogP contribution in [-0.2, 0) is 0 Å². The van der Waals surface area contributed by atoms with Crippen LogP contribution in [0.4, 0.5) is 4.79 Å². The van der Waals surface area contributed by atoms with Crippen molar-refractivity contribution in [3.05, 3.63) is 34.9 Å². The summed E-state index contributed by atoms with van der Waals surface area (Å²) in [6.07, 6.45) is -1.65. The summed E-state index contributed by atoms with van der Waals surface area (Å²) in [7, 11) is 0. The van der Waals surface area contributed by atoms with Gasteiger partial charge in [0.2, 0.25) is 0 Å². The minimum atomic E-state index is -0.968. The molecule has 20 heavy (non-hydrogen) atoms. The Bertz CT molecular complexity index is 475. The molecule has 1 amide bonds. The van der Waals surface area contributed by atoms with Crippen LogP contribution >= 0.6 is 11.6 Å². The summed E-state index contributed by atoms with van der Waals surface area (Å²) in [6.45, 7) is 4.74. The van der Waals surface area contributed by atoms with Crippen LogP contribution in [0.25, 0.3) is 0 Å². The first kappa shape index (κ1) is 15.1. The maximum absolute atomic E-state index is 11.2. The normalized spacial score (nSPS) is 26.9. The van der Waals surface area contributed by atoms with Gasteiger partial charge in [-0.15, -0.1) is 0 Å². The second kappa shape index (κ2) is 6.02. The van der Waals surface area contributed by atoms with Crippen LogP contribution in [0.1, 0.15) is 25.3 Å². The maximum atomic E-state index is 11.2. The van der Waals surface area contributed by atoms with Crippen LogP contribution in [0.15, 0.2) is 24.3 Å². The number of aliphatic hydroxyl groups excluding tert-OH is 1. The van der Waals surface area contributed by atoms with E-state index in [1.807, 2.05) is 24.3 Å². The Morgan fingerprint density at radius 2 is 1.90 bits per heavy atom. The van der Waals surface area contributed by atoms with Crippen LogP contribution in [0.5, 0.6) is 0 Å². The van der Waals surface area contributed by atoms with Crippen molar-refractivity contribution >= 4 is 17.7 Å². The van der Waals surface area contributed by atoms with E-state index >= 15 is 0 Å². The Labute approximate surface area is 124 Å². The quantitative estimate of drug-likeness (QED) is 0.882. The molecule has 110 valence electrons. The Balaban J connectivity index is 2.30. The number of rotatable bonds is 2. The van der Waals surface area contributed by atoms with Gasteiger partial charge >= 0.3 is 6.09 Å². The molecular weight excluding hydrogens is 278 g/mol. The summed E-state index contributed by atoms with van der Waals surface area (Å²) in [5.41, 5.74) is 1.02. The van der Waals surface area contributed by atoms with Crippen LogP contribution in [0.2, 0.25) is 5.02 Å². The fraction of sp³-hybridized carbons (Fsp3) is 0.533. The highest BCUT2D eigenvalue weighted by Crippen LogP contribution is 2.37. The van der Waals surface area contributed by atoms with Crippen molar-refractivity contribution in [3.8, 4) is 0 Å². The first-order chi connectivity index (χ1) is 9.40. The van der Waals surface area contributed by atoms with Crippen molar-refractivity contribution in [1.29, 1.82) is 0 Å². The third-order valence-electron chi connectivity index (χ3n) is 4.10. The number of likely N-dealkylation sites (tertiary alicyclic amines) is 1. The number of hydrogen-bond acceptors (Lipinski definition) is 2. The molecule has 1 heterocycles. The van der Waals surface area contributed by atoms with Gasteiger partial charge in [-0.05, 0) is 29.5 Å². The minimum Gasteiger partial charge on any atom is -0.465 e. The number of benzene rings is 1. The largest absolute Gasteiger partial charge is 0.465 e. The van der Waals surface area contributed by atoms with Gasteiger partial charge < -0.3 is 15.1 Å². The summed E-state index contributed by atoms with van der Waals surface area (Å²) in [5, 5.41) is 20.2. The number of amides is 1. The predicted octanol–water partition coefficient (Wildman–Crippen LogP) is 3.05. The van der Waals surface area contributed by atoms with Crippen molar-refractivity contribution in [1.82, 2.24) is 4.90 Å². The second-order valence-electron chi connectivity index (χ2n) is 5.74. The summed E-state index contributed by atoms with van der Waals surface area (Å²) in [6, 6.07) is 7.46. The van der Waals surface area contributed by atoms with Crippen molar-refractivity contribution in [3.63, 3.8) is 0 Å². The number of carbonyl (C=O) groups is 1. The van der Waals surface area contributed by atoms with E-state index < -0.39 is 12.2 Å². The summed E-state index contributed by atoms with van der Waals surface area (Å²) >= 11 is 5.90. The van der Waals surface area contributed by atoms with Gasteiger partial charge in [0.05, 0.1) is 12.6 Å². The predicted molar refractivity (Wildman–Crippen MR) is 78.1 cm³/mol. The van der Waals surface area contributed by atoms with Crippen molar-refractivity contribution in [2.24, 2.45) is 11.8 Å². The topological polar surface area (TPSA) is 60.8 Å². The van der Waals surface area contributed by atoms with Gasteiger partial charge in [-0.25, -0.2) is 4.79 Å². The summed E-state index contributed by atoms with van der Waals surface area (Å²) < 4.78 is 0. The lowest BCUT2D eigenvalue weighted by Crippen LogP contribution is -2.51. The molecule has 3 unspecified atom stereocenters. The van der Waals surface area contributed by atoms with Gasteiger partial charge in [-0.3, -0.25) is 0 Å². The summed E-state index contributed by atoms with van der Waals surface area (Å²) in [4.78, 5) is 12.5. The smallest absolute Gasteiger partial charge is 0.407 e. The average molecular weight is 298 g/mol. The number of carboxylic acid groups (broad SMARTS) is 1. The molecule has 3 atom stereocenters. The highest BCUT2D eigenvalue weighted by molar-refractivity contribution is 6.30. The van der Waals surface area contributed by atoms with E-state index in [0.29, 0.717) is 11.6 Å². The number of nitrogens with zero attached hydrogens (tertiary/aromatic N) is 1. The van der Waals surface area contributed by atoms with E-state index in [9.17, 15) is 9.90 Å². The third-order valence-corrected chi connectivity index (χ3v) is 4.35. The molecule has 0 saturated carbocycles. The van der Waals surface area contributed by atoms with Gasteiger partial charge in [0, 0.05) is 17.5 Å². The first-order valence-corrected chi connectivity index (χ1v) is 7.19. The van der Waals surface area contributed by atoms with E-state index in [1.165, 1.54) is 4.90 Å². The van der Waals surface area contributed by atoms with Gasteiger partial charge in [0.15, 0.2) is 0 Å². The zero-order valence-electron chi connectivity index (χ0n) is 11.7. The molecule has 5 heteroatoms. The van der Waals surface area contributed by atoms with Crippen molar-refractivity contribution < 1.29 is 15.0 Å². The van der Waals surface area contributed by atoms with E-state index in [4.69, 9.17) is 16.7 Å². The Hall–Kier alpha value is -1.26. The molecule has 4 nitrogen and oxygen atoms in total. The lowest BCUT2D eigenvalue weighted by molar-refractivity contribution is 0.00879. The average Bonchev–Trinajstić information content (AvgIpc) is 2.39. The van der Waals surface area contributed by atoms with E-state index in [-0.39, 0.29) is 24.3 Å². The number of piperidine rings is 1. The number of aliphatic hydroxyl groups is 1. The second-order valence-corrected chi connectivity index (χ2v) is 6.18. The third kappa shape index (κ3) is 3.07. The van der Waals surface area contributed by atoms with Gasteiger partial charge in [-0.1, -0.05) is 37.6 Å². The van der Waals surface area contributed by atoms with Gasteiger partial charge in [0.1, 0.15) is 0 Å². The first-order valence-electron chi connectivity index (χ1n) is 6.81. The Morgan fingerprint density at radius 3 is 2.40 bits per heavy atom. The van der Waals surface area contributed by atoms with Crippen LogP contribution in [0.3, 0.4) is 0 Å². The summed E-state index contributed by atoms with van der Waals surface area (Å²) in [5.74, 6) is 0.325. The molecule has 1 saturated heterocycles. The molecule has 2 N–H and O–H groups in total. The molecule has 0 aliphatic carbocycles. The van der Waals surface area contributed by atoms with Gasteiger partial charge in [0.25, 0.3) is 0 Å². The molecule has 0 bridgehead atoms. The van der Waals surface area contributed by atoms with E-state index in [0.717, 1.165) is 5.56 Å². The zero-order chi connectivity index (χ0) is 14.9. The molecule has 0 radical (unpaired) electrons. The molecule has 1 aromatic carbocycles. The van der Waals surface area contributed by atoms with Gasteiger partial charge in [-0.2, -0.15) is 0 Å². The molecule has 0 aromatic heterocycles. The molecule has 1 aromatic rings. The van der Waals surface area contributed by atoms with Crippen LogP contribution < -0.4 is 0 Å². The molecule has 0 spiro atoms. The fourth-order valence-electron chi connectivity index (χ4n) is 3.00. The monoisotopic (exact) mass is 297 g/mol. The van der Waals surface area contributed by atoms with E-state index in [2.05, 4.69) is 13.8 Å². The van der Waals surface area contributed by atoms with E-state index in [1.54, 1.807) is 0 Å². The molecule has 1 aliphatic heterocycles. The highest BCUT2D eigenvalue weighted by atomic mass is 35.5. The van der Waals surface area contributed by atoms with Crippen molar-refractivity contribution in [2.75, 3.05) is 13.1 Å². The lowest BCUT2D eigenvalue weighted by Gasteiger charge is -2.42. The Morgan fingerprint density at radius 1 is 1.30 bits per heavy atom. The minimum absolute atomic E-state index is 0.0529. The van der Waals surface area contributed by atoms with Crippen molar-refractivity contribution in [2.45, 2.75) is 25.9 Å². The standard InChI is InChI=1S/C15H20ClNO3/c1-9(2)12-7-17(15(19)20)8-13(18)14(12)10-3-5-11(16)6-4-10/h3-6,9,12-14,18H,7-8H2,1-2H3,(H,19,20). The SMILES string of the molecule is CC(C)C1CN(C(=O)O)CC(O)C1c1ccc(Cl)cc1.